The van der Waals surface area contributed by atoms with Gasteiger partial charge in [-0.3, -0.25) is 15.0 Å². The van der Waals surface area contributed by atoms with Crippen LogP contribution in [0.2, 0.25) is 0 Å². The summed E-state index contributed by atoms with van der Waals surface area (Å²) >= 11 is 0. The third kappa shape index (κ3) is 6.69. The number of amidine groups is 1. The van der Waals surface area contributed by atoms with Crippen LogP contribution in [0.5, 0.6) is 0 Å². The summed E-state index contributed by atoms with van der Waals surface area (Å²) < 4.78 is 4.75. The molecule has 2 aliphatic rings. The number of nitrogens with zero attached hydrogens (tertiary/aromatic N) is 1. The number of nitrogens with two attached hydrogens (primary N) is 1. The van der Waals surface area contributed by atoms with Crippen molar-refractivity contribution < 1.29 is 19.1 Å². The molecule has 1 aromatic rings. The van der Waals surface area contributed by atoms with Crippen LogP contribution in [0.4, 0.5) is 4.79 Å². The van der Waals surface area contributed by atoms with E-state index in [0.717, 1.165) is 37.7 Å². The average Bonchev–Trinajstić information content (AvgIpc) is 3.32. The number of ether oxygens (including phenoxy) is 1. The Kier molecular flexibility index (Phi) is 8.68. The van der Waals surface area contributed by atoms with E-state index in [2.05, 4.69) is 10.6 Å². The van der Waals surface area contributed by atoms with Crippen LogP contribution < -0.4 is 16.4 Å². The Morgan fingerprint density at radius 3 is 2.45 bits per heavy atom. The normalized spacial score (nSPS) is 19.5. The first-order valence-electron chi connectivity index (χ1n) is 11.7. The minimum Gasteiger partial charge on any atom is -0.453 e. The van der Waals surface area contributed by atoms with Gasteiger partial charge >= 0.3 is 6.09 Å². The monoisotopic (exact) mass is 457 g/mol. The number of alkyl carbamates (subject to hydrolysis) is 1. The first kappa shape index (κ1) is 24.5. The summed E-state index contributed by atoms with van der Waals surface area (Å²) in [5.74, 6) is -0.0350. The van der Waals surface area contributed by atoms with Crippen LogP contribution in [0.15, 0.2) is 24.3 Å². The Morgan fingerprint density at radius 2 is 1.82 bits per heavy atom. The molecule has 9 heteroatoms. The Labute approximate surface area is 194 Å². The second-order valence-electron chi connectivity index (χ2n) is 8.95. The number of hydrogen-bond donors (Lipinski definition) is 4. The molecule has 1 saturated heterocycles. The van der Waals surface area contributed by atoms with Crippen molar-refractivity contribution in [2.75, 3.05) is 13.7 Å². The molecule has 180 valence electrons. The van der Waals surface area contributed by atoms with E-state index in [9.17, 15) is 14.4 Å². The van der Waals surface area contributed by atoms with Crippen molar-refractivity contribution in [2.45, 2.75) is 70.0 Å². The lowest BCUT2D eigenvalue weighted by atomic mass is 9.84. The van der Waals surface area contributed by atoms with Crippen molar-refractivity contribution in [3.63, 3.8) is 0 Å². The summed E-state index contributed by atoms with van der Waals surface area (Å²) in [7, 11) is 1.28. The van der Waals surface area contributed by atoms with Crippen molar-refractivity contribution in [1.29, 1.82) is 5.41 Å². The van der Waals surface area contributed by atoms with Crippen LogP contribution in [0, 0.1) is 11.3 Å². The molecule has 3 amide bonds. The van der Waals surface area contributed by atoms with Gasteiger partial charge in [-0.1, -0.05) is 56.4 Å². The maximum absolute atomic E-state index is 13.4. The zero-order valence-electron chi connectivity index (χ0n) is 19.3. The van der Waals surface area contributed by atoms with Gasteiger partial charge in [0.05, 0.1) is 7.11 Å². The zero-order chi connectivity index (χ0) is 23.8. The van der Waals surface area contributed by atoms with Gasteiger partial charge < -0.3 is 26.0 Å². The molecule has 1 aliphatic heterocycles. The second-order valence-corrected chi connectivity index (χ2v) is 8.95. The van der Waals surface area contributed by atoms with E-state index in [4.69, 9.17) is 15.9 Å². The highest BCUT2D eigenvalue weighted by molar-refractivity contribution is 5.95. The summed E-state index contributed by atoms with van der Waals surface area (Å²) in [5.41, 5.74) is 6.98. The molecule has 2 atom stereocenters. The number of methoxy groups -OCH3 is 1. The molecule has 3 rings (SSSR count). The van der Waals surface area contributed by atoms with E-state index in [-0.39, 0.29) is 17.6 Å². The number of benzene rings is 1. The number of carbonyl (C=O) groups excluding carboxylic acids is 3. The predicted molar refractivity (Wildman–Crippen MR) is 125 cm³/mol. The lowest BCUT2D eigenvalue weighted by Crippen LogP contribution is -2.54. The van der Waals surface area contributed by atoms with Crippen LogP contribution in [0.1, 0.15) is 62.5 Å². The fourth-order valence-corrected chi connectivity index (χ4v) is 4.79. The molecular formula is C24H35N5O4. The Morgan fingerprint density at radius 1 is 1.12 bits per heavy atom. The fourth-order valence-electron chi connectivity index (χ4n) is 4.79. The van der Waals surface area contributed by atoms with Crippen LogP contribution in [-0.4, -0.2) is 54.4 Å². The molecule has 5 N–H and O–H groups in total. The maximum atomic E-state index is 13.4. The first-order valence-corrected chi connectivity index (χ1v) is 11.7. The minimum atomic E-state index is -0.687. The Balaban J connectivity index is 1.62. The summed E-state index contributed by atoms with van der Waals surface area (Å²) in [6, 6.07) is 5.87. The number of hydrogen-bond acceptors (Lipinski definition) is 5. The van der Waals surface area contributed by atoms with Crippen LogP contribution in [0.3, 0.4) is 0 Å². The van der Waals surface area contributed by atoms with Crippen molar-refractivity contribution in [1.82, 2.24) is 15.5 Å². The molecule has 1 aromatic carbocycles. The first-order chi connectivity index (χ1) is 15.9. The Bertz CT molecular complexity index is 851. The summed E-state index contributed by atoms with van der Waals surface area (Å²) in [6.07, 6.45) is 6.89. The SMILES string of the molecule is COC(=O)NC(CC1CCCCC1)C(=O)N1CCCC1C(=O)NCc1ccc(C(=N)N)cc1. The molecule has 2 unspecified atom stereocenters. The van der Waals surface area contributed by atoms with Crippen molar-refractivity contribution in [2.24, 2.45) is 11.7 Å². The average molecular weight is 458 g/mol. The lowest BCUT2D eigenvalue weighted by Gasteiger charge is -2.31. The Hall–Kier alpha value is -3.10. The van der Waals surface area contributed by atoms with Gasteiger partial charge in [-0.05, 0) is 30.7 Å². The van der Waals surface area contributed by atoms with Gasteiger partial charge in [-0.25, -0.2) is 4.79 Å². The molecule has 0 radical (unpaired) electrons. The summed E-state index contributed by atoms with van der Waals surface area (Å²) in [4.78, 5) is 39.9. The molecule has 1 heterocycles. The quantitative estimate of drug-likeness (QED) is 0.350. The number of nitrogens with one attached hydrogen (secondary N) is 3. The van der Waals surface area contributed by atoms with Gasteiger partial charge in [0.25, 0.3) is 0 Å². The highest BCUT2D eigenvalue weighted by Gasteiger charge is 2.38. The molecule has 9 nitrogen and oxygen atoms in total. The number of likely N-dealkylation sites (tertiary alicyclic amines) is 1. The molecular weight excluding hydrogens is 422 g/mol. The topological polar surface area (TPSA) is 138 Å². The van der Waals surface area contributed by atoms with Crippen molar-refractivity contribution >= 4 is 23.7 Å². The smallest absolute Gasteiger partial charge is 0.407 e. The standard InChI is InChI=1S/C24H35N5O4/c1-33-24(32)28-19(14-16-6-3-2-4-7-16)23(31)29-13-5-8-20(29)22(30)27-15-17-9-11-18(12-10-17)21(25)26/h9-12,16,19-20H,2-8,13-15H2,1H3,(H3,25,26)(H,27,30)(H,28,32). The lowest BCUT2D eigenvalue weighted by molar-refractivity contribution is -0.140. The minimum absolute atomic E-state index is 0.00552. The molecule has 0 aromatic heterocycles. The zero-order valence-corrected chi connectivity index (χ0v) is 19.3. The second kappa shape index (κ2) is 11.7. The number of nitrogen functional groups attached to an aromatic ring is 1. The van der Waals surface area contributed by atoms with Crippen LogP contribution in [-0.2, 0) is 20.9 Å². The molecule has 1 aliphatic carbocycles. The van der Waals surface area contributed by atoms with Crippen molar-refractivity contribution in [3.8, 4) is 0 Å². The fraction of sp³-hybridized carbons (Fsp3) is 0.583. The highest BCUT2D eigenvalue weighted by atomic mass is 16.5. The van der Waals surface area contributed by atoms with E-state index in [0.29, 0.717) is 37.4 Å². The van der Waals surface area contributed by atoms with E-state index >= 15 is 0 Å². The molecule has 0 spiro atoms. The summed E-state index contributed by atoms with van der Waals surface area (Å²) in [5, 5.41) is 13.1. The highest BCUT2D eigenvalue weighted by Crippen LogP contribution is 2.29. The number of carbonyl (C=O) groups is 3. The third-order valence-electron chi connectivity index (χ3n) is 6.64. The van der Waals surface area contributed by atoms with E-state index in [1.165, 1.54) is 13.5 Å². The van der Waals surface area contributed by atoms with Gasteiger partial charge in [0, 0.05) is 18.7 Å². The van der Waals surface area contributed by atoms with Gasteiger partial charge in [0.2, 0.25) is 11.8 Å². The number of amides is 3. The molecule has 1 saturated carbocycles. The molecule has 33 heavy (non-hydrogen) atoms. The largest absolute Gasteiger partial charge is 0.453 e. The predicted octanol–water partition coefficient (Wildman–Crippen LogP) is 2.27. The van der Waals surface area contributed by atoms with Crippen LogP contribution >= 0.6 is 0 Å². The number of rotatable bonds is 8. The van der Waals surface area contributed by atoms with Gasteiger partial charge in [-0.15, -0.1) is 0 Å². The molecule has 2 fully saturated rings. The van der Waals surface area contributed by atoms with E-state index in [1.54, 1.807) is 17.0 Å². The molecule has 0 bridgehead atoms. The third-order valence-corrected chi connectivity index (χ3v) is 6.64. The van der Waals surface area contributed by atoms with Crippen LogP contribution in [0.25, 0.3) is 0 Å². The van der Waals surface area contributed by atoms with E-state index in [1.807, 2.05) is 12.1 Å². The van der Waals surface area contributed by atoms with Crippen molar-refractivity contribution in [3.05, 3.63) is 35.4 Å². The van der Waals surface area contributed by atoms with Gasteiger partial charge in [-0.2, -0.15) is 0 Å². The van der Waals surface area contributed by atoms with Gasteiger partial charge in [0.15, 0.2) is 0 Å². The maximum Gasteiger partial charge on any atom is 0.407 e. The summed E-state index contributed by atoms with van der Waals surface area (Å²) in [6.45, 7) is 0.815. The van der Waals surface area contributed by atoms with Gasteiger partial charge in [0.1, 0.15) is 17.9 Å². The van der Waals surface area contributed by atoms with E-state index < -0.39 is 18.2 Å².